The van der Waals surface area contributed by atoms with Crippen LogP contribution < -0.4 is 11.1 Å². The molecule has 2 rings (SSSR count). The van der Waals surface area contributed by atoms with Crippen LogP contribution in [0.1, 0.15) is 28.9 Å². The predicted octanol–water partition coefficient (Wildman–Crippen LogP) is 4.28. The molecule has 2 aromatic rings. The van der Waals surface area contributed by atoms with E-state index in [0.717, 1.165) is 10.0 Å². The van der Waals surface area contributed by atoms with Crippen molar-refractivity contribution in [2.24, 2.45) is 0 Å². The quantitative estimate of drug-likeness (QED) is 0.759. The molecule has 1 atom stereocenters. The highest BCUT2D eigenvalue weighted by molar-refractivity contribution is 9.11. The maximum atomic E-state index is 12.3. The maximum Gasteiger partial charge on any atom is 0.252 e. The summed E-state index contributed by atoms with van der Waals surface area (Å²) in [4.78, 5) is 12.3. The normalized spacial score (nSPS) is 11.9. The molecule has 3 N–H and O–H groups in total. The van der Waals surface area contributed by atoms with E-state index in [1.165, 1.54) is 0 Å². The Bertz CT molecular complexity index is 644. The summed E-state index contributed by atoms with van der Waals surface area (Å²) in [7, 11) is 0. The van der Waals surface area contributed by atoms with Gasteiger partial charge in [0.1, 0.15) is 0 Å². The van der Waals surface area contributed by atoms with Crippen LogP contribution in [0.4, 0.5) is 5.69 Å². The third-order valence-corrected chi connectivity index (χ3v) is 4.35. The van der Waals surface area contributed by atoms with E-state index in [2.05, 4.69) is 37.2 Å². The number of benzene rings is 2. The average molecular weight is 398 g/mol. The number of nitrogen functional groups attached to an aromatic ring is 1. The molecule has 0 aromatic heterocycles. The van der Waals surface area contributed by atoms with Crippen molar-refractivity contribution in [3.05, 3.63) is 62.5 Å². The monoisotopic (exact) mass is 396 g/mol. The minimum absolute atomic E-state index is 0.0895. The highest BCUT2D eigenvalue weighted by Crippen LogP contribution is 2.25. The third kappa shape index (κ3) is 3.41. The van der Waals surface area contributed by atoms with Crippen molar-refractivity contribution in [3.8, 4) is 0 Å². The van der Waals surface area contributed by atoms with Crippen molar-refractivity contribution in [1.82, 2.24) is 5.32 Å². The van der Waals surface area contributed by atoms with Gasteiger partial charge in [0.15, 0.2) is 0 Å². The molecule has 20 heavy (non-hydrogen) atoms. The summed E-state index contributed by atoms with van der Waals surface area (Å²) in [5.41, 5.74) is 7.91. The molecular weight excluding hydrogens is 384 g/mol. The number of rotatable bonds is 3. The summed E-state index contributed by atoms with van der Waals surface area (Å²) in [6.45, 7) is 1.94. The fourth-order valence-electron chi connectivity index (χ4n) is 1.86. The zero-order valence-electron chi connectivity index (χ0n) is 10.9. The Balaban J connectivity index is 2.17. The molecule has 0 aliphatic rings. The fourth-order valence-corrected chi connectivity index (χ4v) is 2.72. The van der Waals surface area contributed by atoms with Gasteiger partial charge in [0.2, 0.25) is 0 Å². The van der Waals surface area contributed by atoms with E-state index in [9.17, 15) is 4.79 Å². The highest BCUT2D eigenvalue weighted by Gasteiger charge is 2.15. The molecule has 1 amide bonds. The molecule has 0 aliphatic carbocycles. The first-order valence-corrected chi connectivity index (χ1v) is 7.68. The number of hydrogen-bond donors (Lipinski definition) is 2. The molecular formula is C15H14Br2N2O. The van der Waals surface area contributed by atoms with Crippen LogP contribution in [0.15, 0.2) is 51.4 Å². The summed E-state index contributed by atoms with van der Waals surface area (Å²) >= 11 is 6.77. The summed E-state index contributed by atoms with van der Waals surface area (Å²) in [6, 6.07) is 13.0. The van der Waals surface area contributed by atoms with Crippen molar-refractivity contribution in [2.45, 2.75) is 13.0 Å². The molecule has 0 saturated carbocycles. The molecule has 0 radical (unpaired) electrons. The number of nitrogens with two attached hydrogens (primary N) is 1. The van der Waals surface area contributed by atoms with Crippen LogP contribution in [-0.2, 0) is 0 Å². The Morgan fingerprint density at radius 3 is 2.60 bits per heavy atom. The second-order valence-corrected chi connectivity index (χ2v) is 6.17. The van der Waals surface area contributed by atoms with Crippen LogP contribution in [0.25, 0.3) is 0 Å². The minimum Gasteiger partial charge on any atom is -0.398 e. The first kappa shape index (κ1) is 15.1. The molecule has 0 spiro atoms. The molecule has 0 saturated heterocycles. The number of hydrogen-bond acceptors (Lipinski definition) is 2. The number of halogens is 2. The average Bonchev–Trinajstić information content (AvgIpc) is 2.41. The van der Waals surface area contributed by atoms with E-state index in [1.54, 1.807) is 18.2 Å². The van der Waals surface area contributed by atoms with Crippen molar-refractivity contribution < 1.29 is 4.79 Å². The molecule has 0 bridgehead atoms. The van der Waals surface area contributed by atoms with Crippen LogP contribution in [0.3, 0.4) is 0 Å². The van der Waals surface area contributed by atoms with Crippen LogP contribution in [0.2, 0.25) is 0 Å². The van der Waals surface area contributed by atoms with Crippen LogP contribution in [0, 0.1) is 0 Å². The SMILES string of the molecule is CC(NC(=O)c1cccc(N)c1Br)c1cccc(Br)c1. The van der Waals surface area contributed by atoms with Gasteiger partial charge in [-0.05, 0) is 52.7 Å². The fraction of sp³-hybridized carbons (Fsp3) is 0.133. The second kappa shape index (κ2) is 6.41. The summed E-state index contributed by atoms with van der Waals surface area (Å²) in [6.07, 6.45) is 0. The number of carbonyl (C=O) groups excluding carboxylic acids is 1. The first-order valence-electron chi connectivity index (χ1n) is 6.09. The zero-order chi connectivity index (χ0) is 14.7. The lowest BCUT2D eigenvalue weighted by molar-refractivity contribution is 0.0939. The lowest BCUT2D eigenvalue weighted by Gasteiger charge is -2.15. The zero-order valence-corrected chi connectivity index (χ0v) is 14.0. The third-order valence-electron chi connectivity index (χ3n) is 2.97. The van der Waals surface area contributed by atoms with Crippen molar-refractivity contribution in [2.75, 3.05) is 5.73 Å². The van der Waals surface area contributed by atoms with E-state index in [4.69, 9.17) is 5.73 Å². The second-order valence-electron chi connectivity index (χ2n) is 4.46. The lowest BCUT2D eigenvalue weighted by Crippen LogP contribution is -2.27. The topological polar surface area (TPSA) is 55.1 Å². The molecule has 3 nitrogen and oxygen atoms in total. The number of anilines is 1. The van der Waals surface area contributed by atoms with E-state index in [1.807, 2.05) is 31.2 Å². The molecule has 104 valence electrons. The van der Waals surface area contributed by atoms with Gasteiger partial charge in [-0.3, -0.25) is 4.79 Å². The molecule has 5 heteroatoms. The van der Waals surface area contributed by atoms with Gasteiger partial charge in [0, 0.05) is 10.2 Å². The van der Waals surface area contributed by atoms with E-state index in [0.29, 0.717) is 15.7 Å². The number of amides is 1. The van der Waals surface area contributed by atoms with Gasteiger partial charge in [-0.1, -0.05) is 34.1 Å². The largest absolute Gasteiger partial charge is 0.398 e. The number of nitrogens with one attached hydrogen (secondary N) is 1. The maximum absolute atomic E-state index is 12.3. The Morgan fingerprint density at radius 1 is 1.20 bits per heavy atom. The van der Waals surface area contributed by atoms with Crippen LogP contribution in [0.5, 0.6) is 0 Å². The van der Waals surface area contributed by atoms with Crippen molar-refractivity contribution in [3.63, 3.8) is 0 Å². The minimum atomic E-state index is -0.156. The molecule has 1 unspecified atom stereocenters. The predicted molar refractivity (Wildman–Crippen MR) is 88.6 cm³/mol. The summed E-state index contributed by atoms with van der Waals surface area (Å²) in [5.74, 6) is -0.156. The first-order chi connectivity index (χ1) is 9.49. The molecule has 0 heterocycles. The Kier molecular flexibility index (Phi) is 4.83. The standard InChI is InChI=1S/C15H14Br2N2O/c1-9(10-4-2-5-11(16)8-10)19-15(20)12-6-3-7-13(18)14(12)17/h2-9H,18H2,1H3,(H,19,20). The van der Waals surface area contributed by atoms with E-state index in [-0.39, 0.29) is 11.9 Å². The van der Waals surface area contributed by atoms with Crippen molar-refractivity contribution >= 4 is 43.5 Å². The van der Waals surface area contributed by atoms with Gasteiger partial charge in [-0.25, -0.2) is 0 Å². The Labute approximate surface area is 134 Å². The summed E-state index contributed by atoms with van der Waals surface area (Å²) < 4.78 is 1.61. The van der Waals surface area contributed by atoms with Crippen LogP contribution >= 0.6 is 31.9 Å². The van der Waals surface area contributed by atoms with Crippen LogP contribution in [-0.4, -0.2) is 5.91 Å². The highest BCUT2D eigenvalue weighted by atomic mass is 79.9. The number of carbonyl (C=O) groups is 1. The van der Waals surface area contributed by atoms with Gasteiger partial charge in [-0.15, -0.1) is 0 Å². The van der Waals surface area contributed by atoms with Gasteiger partial charge in [-0.2, -0.15) is 0 Å². The van der Waals surface area contributed by atoms with Crippen molar-refractivity contribution in [1.29, 1.82) is 0 Å². The Hall–Kier alpha value is -1.33. The Morgan fingerprint density at radius 2 is 1.90 bits per heavy atom. The van der Waals surface area contributed by atoms with Gasteiger partial charge in [0.05, 0.1) is 16.1 Å². The molecule has 0 fully saturated rings. The summed E-state index contributed by atoms with van der Waals surface area (Å²) in [5, 5.41) is 2.96. The van der Waals surface area contributed by atoms with Gasteiger partial charge in [0.25, 0.3) is 5.91 Å². The van der Waals surface area contributed by atoms with Gasteiger partial charge < -0.3 is 11.1 Å². The van der Waals surface area contributed by atoms with Gasteiger partial charge >= 0.3 is 0 Å². The molecule has 0 aliphatic heterocycles. The van der Waals surface area contributed by atoms with E-state index < -0.39 is 0 Å². The van der Waals surface area contributed by atoms with E-state index >= 15 is 0 Å². The smallest absolute Gasteiger partial charge is 0.252 e. The lowest BCUT2D eigenvalue weighted by atomic mass is 10.1. The molecule has 2 aromatic carbocycles.